The van der Waals surface area contributed by atoms with Crippen LogP contribution < -0.4 is 9.47 Å². The molecule has 0 amide bonds. The van der Waals surface area contributed by atoms with Gasteiger partial charge in [0, 0.05) is 31.5 Å². The third-order valence-corrected chi connectivity index (χ3v) is 6.66. The number of piperidine rings is 1. The van der Waals surface area contributed by atoms with Gasteiger partial charge in [-0.05, 0) is 80.0 Å². The number of ether oxygens (including phenoxy) is 2. The highest BCUT2D eigenvalue weighted by Gasteiger charge is 2.41. The van der Waals surface area contributed by atoms with Crippen LogP contribution in [0.5, 0.6) is 11.5 Å². The SMILES string of the molecule is c1cc(COc2ccc3c(c2)CCC2(CCN(C4CCC4)CC2)O3)ccn1. The van der Waals surface area contributed by atoms with Crippen molar-refractivity contribution in [1.82, 2.24) is 9.88 Å². The standard InChI is InChI=1S/C23H28N2O2/c1-2-20(3-1)25-14-10-23(11-15-25)9-6-19-16-21(4-5-22(19)27-23)26-17-18-7-12-24-13-8-18/h4-5,7-8,12-13,16,20H,1-3,6,9-11,14-15,17H2. The van der Waals surface area contributed by atoms with E-state index < -0.39 is 0 Å². The third-order valence-electron chi connectivity index (χ3n) is 6.66. The van der Waals surface area contributed by atoms with Gasteiger partial charge in [-0.2, -0.15) is 0 Å². The van der Waals surface area contributed by atoms with Crippen LogP contribution in [0, 0.1) is 0 Å². The number of benzene rings is 1. The van der Waals surface area contributed by atoms with Gasteiger partial charge < -0.3 is 14.4 Å². The zero-order valence-electron chi connectivity index (χ0n) is 15.9. The van der Waals surface area contributed by atoms with E-state index in [4.69, 9.17) is 9.47 Å². The minimum Gasteiger partial charge on any atom is -0.489 e. The maximum Gasteiger partial charge on any atom is 0.123 e. The molecule has 2 aromatic rings. The highest BCUT2D eigenvalue weighted by Crippen LogP contribution is 2.41. The van der Waals surface area contributed by atoms with Gasteiger partial charge in [0.1, 0.15) is 23.7 Å². The van der Waals surface area contributed by atoms with Gasteiger partial charge in [-0.1, -0.05) is 6.42 Å². The quantitative estimate of drug-likeness (QED) is 0.807. The Hall–Kier alpha value is -2.07. The van der Waals surface area contributed by atoms with Crippen molar-refractivity contribution >= 4 is 0 Å². The molecule has 1 aliphatic carbocycles. The first-order chi connectivity index (χ1) is 13.3. The topological polar surface area (TPSA) is 34.6 Å². The second kappa shape index (κ2) is 7.16. The van der Waals surface area contributed by atoms with E-state index in [-0.39, 0.29) is 5.60 Å². The van der Waals surface area contributed by atoms with Gasteiger partial charge in [0.2, 0.25) is 0 Å². The number of fused-ring (bicyclic) bond motifs is 1. The molecule has 4 heteroatoms. The normalized spacial score (nSPS) is 21.9. The lowest BCUT2D eigenvalue weighted by Crippen LogP contribution is -2.53. The van der Waals surface area contributed by atoms with E-state index in [0.717, 1.165) is 35.9 Å². The van der Waals surface area contributed by atoms with Gasteiger partial charge in [-0.3, -0.25) is 4.98 Å². The molecule has 2 aliphatic heterocycles. The zero-order chi connectivity index (χ0) is 18.1. The van der Waals surface area contributed by atoms with E-state index >= 15 is 0 Å². The fourth-order valence-electron chi connectivity index (χ4n) is 4.63. The second-order valence-electron chi connectivity index (χ2n) is 8.32. The van der Waals surface area contributed by atoms with E-state index in [1.807, 2.05) is 18.2 Å². The molecule has 0 unspecified atom stereocenters. The molecule has 27 heavy (non-hydrogen) atoms. The second-order valence-corrected chi connectivity index (χ2v) is 8.32. The summed E-state index contributed by atoms with van der Waals surface area (Å²) in [5.74, 6) is 1.99. The Kier molecular flexibility index (Phi) is 4.52. The molecule has 0 radical (unpaired) electrons. The third kappa shape index (κ3) is 3.55. The minimum absolute atomic E-state index is 0.0622. The molecule has 0 atom stereocenters. The molecule has 1 spiro atoms. The molecule has 3 heterocycles. The molecule has 0 N–H and O–H groups in total. The lowest BCUT2D eigenvalue weighted by Gasteiger charge is -2.48. The lowest BCUT2D eigenvalue weighted by molar-refractivity contribution is -0.0337. The average Bonchev–Trinajstić information content (AvgIpc) is 2.68. The van der Waals surface area contributed by atoms with Gasteiger partial charge in [0.15, 0.2) is 0 Å². The molecule has 4 nitrogen and oxygen atoms in total. The first kappa shape index (κ1) is 17.1. The van der Waals surface area contributed by atoms with Crippen LogP contribution in [0.1, 0.15) is 49.7 Å². The summed E-state index contributed by atoms with van der Waals surface area (Å²) >= 11 is 0. The summed E-state index contributed by atoms with van der Waals surface area (Å²) in [6.45, 7) is 2.98. The maximum absolute atomic E-state index is 6.57. The van der Waals surface area contributed by atoms with Crippen LogP contribution in [0.4, 0.5) is 0 Å². The van der Waals surface area contributed by atoms with Crippen molar-refractivity contribution in [2.75, 3.05) is 13.1 Å². The number of likely N-dealkylation sites (tertiary alicyclic amines) is 1. The number of hydrogen-bond donors (Lipinski definition) is 0. The summed E-state index contributed by atoms with van der Waals surface area (Å²) < 4.78 is 12.5. The van der Waals surface area contributed by atoms with Crippen molar-refractivity contribution < 1.29 is 9.47 Å². The number of nitrogens with zero attached hydrogens (tertiary/aromatic N) is 2. The fraction of sp³-hybridized carbons (Fsp3) is 0.522. The number of pyridine rings is 1. The predicted octanol–water partition coefficient (Wildman–Crippen LogP) is 4.37. The lowest BCUT2D eigenvalue weighted by atomic mass is 9.81. The average molecular weight is 364 g/mol. The Bertz CT molecular complexity index is 780. The Morgan fingerprint density at radius 1 is 1.07 bits per heavy atom. The van der Waals surface area contributed by atoms with Crippen LogP contribution in [0.25, 0.3) is 0 Å². The van der Waals surface area contributed by atoms with Gasteiger partial charge in [-0.15, -0.1) is 0 Å². The number of aryl methyl sites for hydroxylation is 1. The van der Waals surface area contributed by atoms with Crippen LogP contribution in [-0.2, 0) is 13.0 Å². The van der Waals surface area contributed by atoms with Gasteiger partial charge >= 0.3 is 0 Å². The first-order valence-corrected chi connectivity index (χ1v) is 10.4. The molecule has 142 valence electrons. The van der Waals surface area contributed by atoms with E-state index in [1.54, 1.807) is 12.4 Å². The fourth-order valence-corrected chi connectivity index (χ4v) is 4.63. The Morgan fingerprint density at radius 3 is 2.63 bits per heavy atom. The number of aromatic nitrogens is 1. The summed E-state index contributed by atoms with van der Waals surface area (Å²) in [5, 5.41) is 0. The van der Waals surface area contributed by atoms with Crippen molar-refractivity contribution in [3.63, 3.8) is 0 Å². The van der Waals surface area contributed by atoms with Crippen LogP contribution in [0.15, 0.2) is 42.7 Å². The van der Waals surface area contributed by atoms with Crippen molar-refractivity contribution in [3.8, 4) is 11.5 Å². The Morgan fingerprint density at radius 2 is 1.89 bits per heavy atom. The molecule has 0 bridgehead atoms. The molecule has 1 saturated carbocycles. The molecular weight excluding hydrogens is 336 g/mol. The maximum atomic E-state index is 6.57. The molecule has 2 fully saturated rings. The van der Waals surface area contributed by atoms with Crippen molar-refractivity contribution in [2.45, 2.75) is 63.2 Å². The molecule has 1 aromatic heterocycles. The smallest absolute Gasteiger partial charge is 0.123 e. The van der Waals surface area contributed by atoms with Crippen molar-refractivity contribution in [1.29, 1.82) is 0 Å². The van der Waals surface area contributed by atoms with Gasteiger partial charge in [0.05, 0.1) is 0 Å². The van der Waals surface area contributed by atoms with Crippen LogP contribution in [-0.4, -0.2) is 34.6 Å². The predicted molar refractivity (Wildman–Crippen MR) is 105 cm³/mol. The summed E-state index contributed by atoms with van der Waals surface area (Å²) in [6, 6.07) is 11.1. The summed E-state index contributed by atoms with van der Waals surface area (Å²) in [7, 11) is 0. The largest absolute Gasteiger partial charge is 0.489 e. The highest BCUT2D eigenvalue weighted by molar-refractivity contribution is 5.42. The molecule has 1 aromatic carbocycles. The van der Waals surface area contributed by atoms with E-state index in [9.17, 15) is 0 Å². The molecule has 3 aliphatic rings. The Labute approximate surface area is 161 Å². The minimum atomic E-state index is 0.0622. The van der Waals surface area contributed by atoms with Crippen LogP contribution >= 0.6 is 0 Å². The van der Waals surface area contributed by atoms with Gasteiger partial charge in [-0.25, -0.2) is 0 Å². The van der Waals surface area contributed by atoms with E-state index in [0.29, 0.717) is 6.61 Å². The van der Waals surface area contributed by atoms with Crippen molar-refractivity contribution in [2.24, 2.45) is 0 Å². The monoisotopic (exact) mass is 364 g/mol. The number of rotatable bonds is 4. The van der Waals surface area contributed by atoms with E-state index in [1.165, 1.54) is 50.8 Å². The van der Waals surface area contributed by atoms with Gasteiger partial charge in [0.25, 0.3) is 0 Å². The number of hydrogen-bond acceptors (Lipinski definition) is 4. The van der Waals surface area contributed by atoms with E-state index in [2.05, 4.69) is 22.0 Å². The highest BCUT2D eigenvalue weighted by atomic mass is 16.5. The van der Waals surface area contributed by atoms with Crippen LogP contribution in [0.3, 0.4) is 0 Å². The molecular formula is C23H28N2O2. The summed E-state index contributed by atoms with van der Waals surface area (Å²) in [6.07, 6.45) is 12.4. The molecule has 5 rings (SSSR count). The Balaban J connectivity index is 1.21. The van der Waals surface area contributed by atoms with Crippen LogP contribution in [0.2, 0.25) is 0 Å². The zero-order valence-corrected chi connectivity index (χ0v) is 15.9. The van der Waals surface area contributed by atoms with Crippen molar-refractivity contribution in [3.05, 3.63) is 53.9 Å². The summed E-state index contributed by atoms with van der Waals surface area (Å²) in [5.41, 5.74) is 2.48. The molecule has 1 saturated heterocycles. The summed E-state index contributed by atoms with van der Waals surface area (Å²) in [4.78, 5) is 6.74. The first-order valence-electron chi connectivity index (χ1n) is 10.4.